The summed E-state index contributed by atoms with van der Waals surface area (Å²) in [5.74, 6) is 0.0875. The number of carbonyl (C=O) groups excluding carboxylic acids is 1. The number of carbonyl (C=O) groups is 1. The first kappa shape index (κ1) is 17.4. The van der Waals surface area contributed by atoms with Crippen LogP contribution in [0.25, 0.3) is 0 Å². The Bertz CT molecular complexity index is 888. The summed E-state index contributed by atoms with van der Waals surface area (Å²) >= 11 is 12.0. The number of aryl methyl sites for hydroxylation is 2. The van der Waals surface area contributed by atoms with E-state index < -0.39 is 0 Å². The fourth-order valence-electron chi connectivity index (χ4n) is 2.28. The van der Waals surface area contributed by atoms with Crippen LogP contribution in [0.5, 0.6) is 0 Å². The van der Waals surface area contributed by atoms with E-state index >= 15 is 0 Å². The molecule has 0 fully saturated rings. The fourth-order valence-corrected chi connectivity index (χ4v) is 2.75. The summed E-state index contributed by atoms with van der Waals surface area (Å²) in [4.78, 5) is 16.1. The third-order valence-electron chi connectivity index (χ3n) is 3.61. The van der Waals surface area contributed by atoms with Crippen molar-refractivity contribution in [2.75, 3.05) is 5.32 Å². The monoisotopic (exact) mass is 378 g/mol. The molecule has 1 aromatic carbocycles. The van der Waals surface area contributed by atoms with Gasteiger partial charge in [0.25, 0.3) is 0 Å². The molecule has 0 saturated heterocycles. The molecular formula is C16H16Cl2N6O. The number of nitrogens with one attached hydrogen (secondary N) is 1. The van der Waals surface area contributed by atoms with E-state index in [2.05, 4.69) is 20.5 Å². The molecule has 0 spiro atoms. The Hall–Kier alpha value is -2.38. The van der Waals surface area contributed by atoms with E-state index in [0.717, 1.165) is 11.3 Å². The Kier molecular flexibility index (Phi) is 5.35. The van der Waals surface area contributed by atoms with Gasteiger partial charge < -0.3 is 0 Å². The van der Waals surface area contributed by atoms with Gasteiger partial charge in [0.1, 0.15) is 6.33 Å². The highest BCUT2D eigenvalue weighted by atomic mass is 35.5. The third kappa shape index (κ3) is 4.58. The number of hydrogen-bond acceptors (Lipinski definition) is 4. The van der Waals surface area contributed by atoms with Gasteiger partial charge in [-0.25, -0.2) is 9.67 Å². The maximum Gasteiger partial charge on any atom is 0.248 e. The van der Waals surface area contributed by atoms with Gasteiger partial charge in [0, 0.05) is 34.9 Å². The number of aromatic nitrogens is 5. The van der Waals surface area contributed by atoms with Crippen molar-refractivity contribution in [2.24, 2.45) is 0 Å². The van der Waals surface area contributed by atoms with Gasteiger partial charge in [-0.3, -0.25) is 14.8 Å². The fraction of sp³-hybridized carbons (Fsp3) is 0.250. The second-order valence-corrected chi connectivity index (χ2v) is 6.34. The van der Waals surface area contributed by atoms with Gasteiger partial charge in [-0.05, 0) is 30.7 Å². The summed E-state index contributed by atoms with van der Waals surface area (Å²) in [5, 5.41) is 12.2. The second kappa shape index (κ2) is 7.67. The van der Waals surface area contributed by atoms with Crippen LogP contribution in [0.15, 0.2) is 36.8 Å². The highest BCUT2D eigenvalue weighted by Crippen LogP contribution is 2.21. The lowest BCUT2D eigenvalue weighted by molar-refractivity contribution is -0.116. The first-order chi connectivity index (χ1) is 12.0. The van der Waals surface area contributed by atoms with Gasteiger partial charge >= 0.3 is 0 Å². The molecule has 3 rings (SSSR count). The average molecular weight is 379 g/mol. The van der Waals surface area contributed by atoms with Crippen molar-refractivity contribution in [1.29, 1.82) is 0 Å². The minimum absolute atomic E-state index is 0.169. The number of rotatable bonds is 6. The van der Waals surface area contributed by atoms with Gasteiger partial charge in [0.15, 0.2) is 0 Å². The number of hydrogen-bond donors (Lipinski definition) is 1. The van der Waals surface area contributed by atoms with Gasteiger partial charge in [0.2, 0.25) is 11.9 Å². The smallest absolute Gasteiger partial charge is 0.248 e. The van der Waals surface area contributed by atoms with E-state index in [4.69, 9.17) is 23.2 Å². The molecule has 0 aliphatic heterocycles. The van der Waals surface area contributed by atoms with Crippen LogP contribution < -0.4 is 5.32 Å². The van der Waals surface area contributed by atoms with Crippen molar-refractivity contribution < 1.29 is 4.79 Å². The van der Waals surface area contributed by atoms with Crippen molar-refractivity contribution in [2.45, 2.75) is 26.4 Å². The molecular weight excluding hydrogens is 363 g/mol. The molecule has 3 aromatic rings. The topological polar surface area (TPSA) is 77.6 Å². The summed E-state index contributed by atoms with van der Waals surface area (Å²) in [7, 11) is 0. The number of nitrogens with zero attached hydrogens (tertiary/aromatic N) is 5. The lowest BCUT2D eigenvalue weighted by Crippen LogP contribution is -2.16. The van der Waals surface area contributed by atoms with Crippen LogP contribution in [0.3, 0.4) is 0 Å². The minimum Gasteiger partial charge on any atom is -0.293 e. The van der Waals surface area contributed by atoms with Gasteiger partial charge in [-0.15, -0.1) is 5.10 Å². The van der Waals surface area contributed by atoms with Crippen molar-refractivity contribution in [3.8, 4) is 0 Å². The molecule has 0 unspecified atom stereocenters. The molecule has 9 heteroatoms. The molecule has 0 saturated carbocycles. The Morgan fingerprint density at radius 2 is 2.12 bits per heavy atom. The van der Waals surface area contributed by atoms with E-state index in [9.17, 15) is 4.79 Å². The molecule has 0 aliphatic carbocycles. The molecule has 25 heavy (non-hydrogen) atoms. The highest BCUT2D eigenvalue weighted by molar-refractivity contribution is 6.35. The van der Waals surface area contributed by atoms with Crippen molar-refractivity contribution in [3.63, 3.8) is 0 Å². The molecule has 0 radical (unpaired) electrons. The maximum absolute atomic E-state index is 12.0. The van der Waals surface area contributed by atoms with Gasteiger partial charge in [-0.2, -0.15) is 5.10 Å². The van der Waals surface area contributed by atoms with Crippen LogP contribution in [0, 0.1) is 6.92 Å². The molecule has 2 aromatic heterocycles. The molecule has 130 valence electrons. The predicted molar refractivity (Wildman–Crippen MR) is 95.8 cm³/mol. The maximum atomic E-state index is 12.0. The summed E-state index contributed by atoms with van der Waals surface area (Å²) < 4.78 is 3.37. The van der Waals surface area contributed by atoms with Crippen LogP contribution in [-0.2, 0) is 17.9 Å². The number of amides is 1. The van der Waals surface area contributed by atoms with Gasteiger partial charge in [0.05, 0.1) is 6.54 Å². The summed E-state index contributed by atoms with van der Waals surface area (Å²) in [5.41, 5.74) is 1.87. The Labute approximate surface area is 154 Å². The predicted octanol–water partition coefficient (Wildman–Crippen LogP) is 3.17. The molecule has 0 atom stereocenters. The van der Waals surface area contributed by atoms with Gasteiger partial charge in [-0.1, -0.05) is 29.3 Å². The number of benzene rings is 1. The number of anilines is 1. The van der Waals surface area contributed by atoms with E-state index in [0.29, 0.717) is 29.6 Å². The van der Waals surface area contributed by atoms with E-state index in [1.165, 1.54) is 6.33 Å². The van der Waals surface area contributed by atoms with E-state index in [1.807, 2.05) is 19.1 Å². The van der Waals surface area contributed by atoms with Crippen LogP contribution in [0.4, 0.5) is 5.95 Å². The SMILES string of the molecule is Cc1ccnn1CCC(=O)Nc1ncn(Cc2ccc(Cl)cc2Cl)n1. The molecule has 7 nitrogen and oxygen atoms in total. The summed E-state index contributed by atoms with van der Waals surface area (Å²) in [6, 6.07) is 7.16. The lowest BCUT2D eigenvalue weighted by atomic mass is 10.2. The first-order valence-electron chi connectivity index (χ1n) is 7.63. The molecule has 1 amide bonds. The normalized spacial score (nSPS) is 10.8. The quantitative estimate of drug-likeness (QED) is 0.714. The molecule has 2 heterocycles. The zero-order valence-electron chi connectivity index (χ0n) is 13.5. The highest BCUT2D eigenvalue weighted by Gasteiger charge is 2.09. The molecule has 0 bridgehead atoms. The summed E-state index contributed by atoms with van der Waals surface area (Å²) in [6.07, 6.45) is 3.54. The number of halogens is 2. The first-order valence-corrected chi connectivity index (χ1v) is 8.38. The van der Waals surface area contributed by atoms with Crippen LogP contribution in [-0.4, -0.2) is 30.5 Å². The Balaban J connectivity index is 1.56. The molecule has 1 N–H and O–H groups in total. The lowest BCUT2D eigenvalue weighted by Gasteiger charge is -2.05. The second-order valence-electron chi connectivity index (χ2n) is 5.50. The standard InChI is InChI=1S/C16H16Cl2N6O/c1-11-4-6-20-24(11)7-5-15(25)21-16-19-10-23(22-16)9-12-2-3-13(17)8-14(12)18/h2-4,6,8,10H,5,7,9H2,1H3,(H,21,22,25). The van der Waals surface area contributed by atoms with Crippen molar-refractivity contribution in [1.82, 2.24) is 24.5 Å². The zero-order chi connectivity index (χ0) is 17.8. The Morgan fingerprint density at radius 1 is 1.28 bits per heavy atom. The molecule has 0 aliphatic rings. The summed E-state index contributed by atoms with van der Waals surface area (Å²) in [6.45, 7) is 2.88. The zero-order valence-corrected chi connectivity index (χ0v) is 15.0. The van der Waals surface area contributed by atoms with Crippen LogP contribution in [0.2, 0.25) is 10.0 Å². The van der Waals surface area contributed by atoms with Crippen molar-refractivity contribution >= 4 is 35.1 Å². The van der Waals surface area contributed by atoms with Crippen molar-refractivity contribution in [3.05, 3.63) is 58.1 Å². The largest absolute Gasteiger partial charge is 0.293 e. The third-order valence-corrected chi connectivity index (χ3v) is 4.20. The average Bonchev–Trinajstić information content (AvgIpc) is 3.17. The van der Waals surface area contributed by atoms with E-state index in [-0.39, 0.29) is 11.9 Å². The minimum atomic E-state index is -0.169. The van der Waals surface area contributed by atoms with Crippen LogP contribution >= 0.6 is 23.2 Å². The Morgan fingerprint density at radius 3 is 2.84 bits per heavy atom. The van der Waals surface area contributed by atoms with Crippen LogP contribution in [0.1, 0.15) is 17.7 Å². The van der Waals surface area contributed by atoms with E-state index in [1.54, 1.807) is 27.7 Å².